The Morgan fingerprint density at radius 1 is 0.862 bits per heavy atom. The lowest BCUT2D eigenvalue weighted by Crippen LogP contribution is -2.10. The second-order valence-corrected chi connectivity index (χ2v) is 7.21. The molecule has 0 aliphatic heterocycles. The van der Waals surface area contributed by atoms with E-state index < -0.39 is 0 Å². The second-order valence-electron chi connectivity index (χ2n) is 7.21. The van der Waals surface area contributed by atoms with Crippen molar-refractivity contribution in [2.75, 3.05) is 26.9 Å². The molecule has 2 aromatic carbocycles. The number of benzene rings is 2. The Hall–Kier alpha value is -2.89. The highest BCUT2D eigenvalue weighted by molar-refractivity contribution is 5.94. The summed E-state index contributed by atoms with van der Waals surface area (Å²) in [4.78, 5) is 0. The van der Waals surface area contributed by atoms with Crippen molar-refractivity contribution in [3.63, 3.8) is 0 Å². The third kappa shape index (κ3) is 7.94. The van der Waals surface area contributed by atoms with E-state index in [1.165, 1.54) is 0 Å². The largest absolute Gasteiger partial charge is 0.494 e. The molecule has 158 valence electrons. The van der Waals surface area contributed by atoms with Crippen LogP contribution in [0.15, 0.2) is 42.5 Å². The van der Waals surface area contributed by atoms with Gasteiger partial charge in [0, 0.05) is 11.6 Å². The molecule has 0 atom stereocenters. The van der Waals surface area contributed by atoms with E-state index in [0.717, 1.165) is 36.5 Å². The third-order valence-corrected chi connectivity index (χ3v) is 4.20. The van der Waals surface area contributed by atoms with Crippen molar-refractivity contribution in [1.82, 2.24) is 0 Å². The van der Waals surface area contributed by atoms with Crippen molar-refractivity contribution in [2.24, 2.45) is 11.7 Å². The molecule has 0 heterocycles. The van der Waals surface area contributed by atoms with E-state index in [1.807, 2.05) is 30.3 Å². The van der Waals surface area contributed by atoms with Crippen LogP contribution in [-0.4, -0.2) is 32.8 Å². The lowest BCUT2D eigenvalue weighted by Gasteiger charge is -2.14. The monoisotopic (exact) mass is 400 g/mol. The van der Waals surface area contributed by atoms with Gasteiger partial charge in [0.25, 0.3) is 0 Å². The number of methoxy groups -OCH3 is 1. The van der Waals surface area contributed by atoms with Crippen LogP contribution >= 0.6 is 0 Å². The molecule has 0 aliphatic carbocycles. The number of nitrogen functional groups attached to an aromatic ring is 1. The van der Waals surface area contributed by atoms with Gasteiger partial charge in [0.1, 0.15) is 17.3 Å². The van der Waals surface area contributed by atoms with Gasteiger partial charge in [-0.15, -0.1) is 0 Å². The molecule has 0 unspecified atom stereocenters. The Kier molecular flexibility index (Phi) is 9.15. The first-order valence-electron chi connectivity index (χ1n) is 10.0. The predicted molar refractivity (Wildman–Crippen MR) is 116 cm³/mol. The lowest BCUT2D eigenvalue weighted by molar-refractivity contribution is 0.260. The van der Waals surface area contributed by atoms with E-state index in [9.17, 15) is 0 Å². The summed E-state index contributed by atoms with van der Waals surface area (Å²) in [5.74, 6) is 3.52. The third-order valence-electron chi connectivity index (χ3n) is 4.20. The van der Waals surface area contributed by atoms with Crippen LogP contribution in [0.5, 0.6) is 23.0 Å². The second kappa shape index (κ2) is 11.8. The van der Waals surface area contributed by atoms with Crippen LogP contribution in [0.2, 0.25) is 0 Å². The average molecular weight is 401 g/mol. The van der Waals surface area contributed by atoms with Gasteiger partial charge in [-0.3, -0.25) is 5.41 Å². The Bertz CT molecular complexity index is 760. The molecule has 0 bridgehead atoms. The number of rotatable bonds is 13. The standard InChI is InChI=1S/C23H32N2O4/c1-17(2)16-29-20-11-12-21(22(15-20)26-3)28-14-6-4-5-13-27-19-9-7-18(8-10-19)23(24)25/h7-12,15,17H,4-6,13-14,16H2,1-3H3,(H3,24,25). The maximum Gasteiger partial charge on any atom is 0.164 e. The van der Waals surface area contributed by atoms with Crippen LogP contribution in [0.4, 0.5) is 0 Å². The molecule has 6 heteroatoms. The SMILES string of the molecule is COc1cc(OCC(C)C)ccc1OCCCCCOc1ccc(C(=N)N)cc1. The summed E-state index contributed by atoms with van der Waals surface area (Å²) >= 11 is 0. The van der Waals surface area contributed by atoms with E-state index in [2.05, 4.69) is 13.8 Å². The topological polar surface area (TPSA) is 86.8 Å². The molecule has 2 aromatic rings. The minimum atomic E-state index is 0.0610. The molecule has 0 amide bonds. The van der Waals surface area contributed by atoms with E-state index in [1.54, 1.807) is 19.2 Å². The van der Waals surface area contributed by atoms with Gasteiger partial charge in [-0.2, -0.15) is 0 Å². The van der Waals surface area contributed by atoms with Gasteiger partial charge in [0.05, 0.1) is 26.9 Å². The van der Waals surface area contributed by atoms with E-state index in [4.69, 9.17) is 30.1 Å². The van der Waals surface area contributed by atoms with E-state index >= 15 is 0 Å². The van der Waals surface area contributed by atoms with Crippen molar-refractivity contribution >= 4 is 5.84 Å². The highest BCUT2D eigenvalue weighted by atomic mass is 16.5. The lowest BCUT2D eigenvalue weighted by atomic mass is 10.2. The molecule has 0 saturated carbocycles. The van der Waals surface area contributed by atoms with Gasteiger partial charge in [0.15, 0.2) is 11.5 Å². The highest BCUT2D eigenvalue weighted by Gasteiger charge is 2.07. The smallest absolute Gasteiger partial charge is 0.164 e. The van der Waals surface area contributed by atoms with Crippen LogP contribution in [0.25, 0.3) is 0 Å². The van der Waals surface area contributed by atoms with Crippen LogP contribution in [0, 0.1) is 11.3 Å². The summed E-state index contributed by atoms with van der Waals surface area (Å²) in [6.45, 7) is 6.17. The van der Waals surface area contributed by atoms with Crippen molar-refractivity contribution in [3.05, 3.63) is 48.0 Å². The summed E-state index contributed by atoms with van der Waals surface area (Å²) in [6.07, 6.45) is 2.88. The van der Waals surface area contributed by atoms with Crippen LogP contribution in [-0.2, 0) is 0 Å². The van der Waals surface area contributed by atoms with Crippen molar-refractivity contribution < 1.29 is 18.9 Å². The summed E-state index contributed by atoms with van der Waals surface area (Å²) in [5.41, 5.74) is 6.14. The first-order chi connectivity index (χ1) is 14.0. The molecule has 0 aliphatic rings. The Balaban J connectivity index is 1.65. The molecule has 0 radical (unpaired) electrons. The average Bonchev–Trinajstić information content (AvgIpc) is 2.72. The van der Waals surface area contributed by atoms with Crippen molar-refractivity contribution in [1.29, 1.82) is 5.41 Å². The number of hydrogen-bond acceptors (Lipinski definition) is 5. The summed E-state index contributed by atoms with van der Waals surface area (Å²) in [5, 5.41) is 7.38. The fourth-order valence-corrected chi connectivity index (χ4v) is 2.60. The van der Waals surface area contributed by atoms with Gasteiger partial charge in [-0.05, 0) is 61.6 Å². The van der Waals surface area contributed by atoms with E-state index in [0.29, 0.717) is 37.1 Å². The molecule has 0 fully saturated rings. The normalized spacial score (nSPS) is 10.6. The molecule has 2 rings (SSSR count). The molecule has 0 saturated heterocycles. The zero-order valence-corrected chi connectivity index (χ0v) is 17.6. The molecular formula is C23H32N2O4. The molecular weight excluding hydrogens is 368 g/mol. The quantitative estimate of drug-likeness (QED) is 0.290. The molecule has 6 nitrogen and oxygen atoms in total. The number of amidine groups is 1. The summed E-state index contributed by atoms with van der Waals surface area (Å²) in [6, 6.07) is 12.9. The fraction of sp³-hybridized carbons (Fsp3) is 0.435. The summed E-state index contributed by atoms with van der Waals surface area (Å²) in [7, 11) is 1.63. The van der Waals surface area contributed by atoms with Crippen molar-refractivity contribution in [3.8, 4) is 23.0 Å². The minimum absolute atomic E-state index is 0.0610. The first kappa shape index (κ1) is 22.4. The highest BCUT2D eigenvalue weighted by Crippen LogP contribution is 2.31. The summed E-state index contributed by atoms with van der Waals surface area (Å²) < 4.78 is 22.7. The van der Waals surface area contributed by atoms with Gasteiger partial charge >= 0.3 is 0 Å². The zero-order chi connectivity index (χ0) is 21.1. The number of ether oxygens (including phenoxy) is 4. The van der Waals surface area contributed by atoms with Gasteiger partial charge < -0.3 is 24.7 Å². The number of unbranched alkanes of at least 4 members (excludes halogenated alkanes) is 2. The number of hydrogen-bond donors (Lipinski definition) is 2. The zero-order valence-electron chi connectivity index (χ0n) is 17.6. The maximum atomic E-state index is 7.38. The number of nitrogens with two attached hydrogens (primary N) is 1. The Morgan fingerprint density at radius 2 is 1.52 bits per heavy atom. The number of nitrogens with one attached hydrogen (secondary N) is 1. The van der Waals surface area contributed by atoms with Gasteiger partial charge in [0.2, 0.25) is 0 Å². The maximum absolute atomic E-state index is 7.38. The fourth-order valence-electron chi connectivity index (χ4n) is 2.60. The first-order valence-corrected chi connectivity index (χ1v) is 10.0. The van der Waals surface area contributed by atoms with Crippen LogP contribution < -0.4 is 24.7 Å². The van der Waals surface area contributed by atoms with Gasteiger partial charge in [-0.1, -0.05) is 13.8 Å². The Labute approximate surface area is 173 Å². The Morgan fingerprint density at radius 3 is 2.14 bits per heavy atom. The van der Waals surface area contributed by atoms with E-state index in [-0.39, 0.29) is 5.84 Å². The van der Waals surface area contributed by atoms with Crippen LogP contribution in [0.3, 0.4) is 0 Å². The molecule has 3 N–H and O–H groups in total. The molecule has 0 aromatic heterocycles. The molecule has 0 spiro atoms. The minimum Gasteiger partial charge on any atom is -0.494 e. The molecule has 29 heavy (non-hydrogen) atoms. The van der Waals surface area contributed by atoms with Crippen molar-refractivity contribution in [2.45, 2.75) is 33.1 Å². The van der Waals surface area contributed by atoms with Gasteiger partial charge in [-0.25, -0.2) is 0 Å². The predicted octanol–water partition coefficient (Wildman–Crippen LogP) is 4.64. The van der Waals surface area contributed by atoms with Crippen LogP contribution in [0.1, 0.15) is 38.7 Å².